The van der Waals surface area contributed by atoms with Crippen molar-refractivity contribution in [1.29, 1.82) is 0 Å². The van der Waals surface area contributed by atoms with E-state index in [1.165, 1.54) is 24.3 Å². The van der Waals surface area contributed by atoms with Crippen molar-refractivity contribution in [2.45, 2.75) is 13.2 Å². The Bertz CT molecular complexity index is 651. The van der Waals surface area contributed by atoms with Gasteiger partial charge in [-0.1, -0.05) is 12.1 Å². The maximum absolute atomic E-state index is 12.0. The molecule has 0 fully saturated rings. The van der Waals surface area contributed by atoms with Gasteiger partial charge in [-0.15, -0.1) is 0 Å². The molecule has 0 aliphatic heterocycles. The number of halogens is 2. The van der Waals surface area contributed by atoms with E-state index in [2.05, 4.69) is 20.3 Å². The smallest absolute Gasteiger partial charge is 0.387 e. The van der Waals surface area contributed by atoms with E-state index in [0.717, 1.165) is 0 Å². The number of carbonyl (C=O) groups excluding carboxylic acids is 1. The molecule has 2 aromatic rings. The minimum Gasteiger partial charge on any atom is -0.435 e. The summed E-state index contributed by atoms with van der Waals surface area (Å²) in [6.45, 7) is -2.68. The van der Waals surface area contributed by atoms with Crippen LogP contribution in [0.4, 0.5) is 8.78 Å². The number of aromatic nitrogens is 2. The summed E-state index contributed by atoms with van der Waals surface area (Å²) in [5.74, 6) is -0.415. The summed E-state index contributed by atoms with van der Waals surface area (Å²) < 4.78 is 28.2. The van der Waals surface area contributed by atoms with Crippen LogP contribution in [-0.2, 0) is 6.54 Å². The Balaban J connectivity index is 1.92. The molecule has 0 radical (unpaired) electrons. The lowest BCUT2D eigenvalue weighted by molar-refractivity contribution is -0.0498. The highest BCUT2D eigenvalue weighted by atomic mass is 19.3. The van der Waals surface area contributed by atoms with E-state index in [0.29, 0.717) is 5.56 Å². The molecule has 8 heteroatoms. The average molecular weight is 295 g/mol. The summed E-state index contributed by atoms with van der Waals surface area (Å²) in [4.78, 5) is 22.5. The zero-order valence-electron chi connectivity index (χ0n) is 10.7. The molecule has 1 aromatic heterocycles. The molecular formula is C13H11F2N3O3. The van der Waals surface area contributed by atoms with Crippen molar-refractivity contribution in [2.75, 3.05) is 0 Å². The first-order valence-electron chi connectivity index (χ1n) is 5.92. The Kier molecular flexibility index (Phi) is 4.60. The highest BCUT2D eigenvalue weighted by molar-refractivity contribution is 5.91. The molecule has 1 amide bonds. The second-order valence-corrected chi connectivity index (χ2v) is 4.01. The quantitative estimate of drug-likeness (QED) is 0.871. The number of nitrogens with one attached hydrogen (secondary N) is 2. The van der Waals surface area contributed by atoms with Crippen LogP contribution in [0.5, 0.6) is 5.75 Å². The Morgan fingerprint density at radius 2 is 1.95 bits per heavy atom. The number of ether oxygens (including phenoxy) is 1. The van der Waals surface area contributed by atoms with Crippen LogP contribution in [0.15, 0.2) is 41.2 Å². The van der Waals surface area contributed by atoms with Crippen molar-refractivity contribution in [3.8, 4) is 5.75 Å². The molecule has 0 unspecified atom stereocenters. The first kappa shape index (κ1) is 14.6. The van der Waals surface area contributed by atoms with Crippen molar-refractivity contribution in [3.63, 3.8) is 0 Å². The molecule has 0 bridgehead atoms. The van der Waals surface area contributed by atoms with Crippen molar-refractivity contribution in [3.05, 3.63) is 58.0 Å². The molecule has 0 aliphatic carbocycles. The lowest BCUT2D eigenvalue weighted by Gasteiger charge is -2.07. The molecule has 2 rings (SSSR count). The van der Waals surface area contributed by atoms with Crippen molar-refractivity contribution in [2.24, 2.45) is 0 Å². The molecule has 0 saturated heterocycles. The summed E-state index contributed by atoms with van der Waals surface area (Å²) in [5.41, 5.74) is 0.378. The van der Waals surface area contributed by atoms with Gasteiger partial charge in [-0.25, -0.2) is 5.10 Å². The lowest BCUT2D eigenvalue weighted by atomic mass is 10.2. The van der Waals surface area contributed by atoms with Crippen LogP contribution in [-0.4, -0.2) is 22.7 Å². The molecule has 2 N–H and O–H groups in total. The number of amides is 1. The fraction of sp³-hybridized carbons (Fsp3) is 0.154. The van der Waals surface area contributed by atoms with Crippen molar-refractivity contribution in [1.82, 2.24) is 15.5 Å². The first-order chi connectivity index (χ1) is 10.0. The maximum atomic E-state index is 12.0. The third kappa shape index (κ3) is 4.37. The minimum absolute atomic E-state index is 0.0439. The van der Waals surface area contributed by atoms with Crippen LogP contribution in [0.1, 0.15) is 16.1 Å². The highest BCUT2D eigenvalue weighted by Crippen LogP contribution is 2.14. The number of nitrogens with zero attached hydrogens (tertiary/aromatic N) is 1. The molecular weight excluding hydrogens is 284 g/mol. The van der Waals surface area contributed by atoms with Gasteiger partial charge in [0.2, 0.25) is 0 Å². The van der Waals surface area contributed by atoms with Gasteiger partial charge in [0, 0.05) is 12.6 Å². The van der Waals surface area contributed by atoms with Gasteiger partial charge >= 0.3 is 6.61 Å². The number of hydrogen-bond acceptors (Lipinski definition) is 4. The summed E-state index contributed by atoms with van der Waals surface area (Å²) in [6, 6.07) is 8.36. The van der Waals surface area contributed by atoms with Crippen LogP contribution >= 0.6 is 0 Å². The fourth-order valence-electron chi connectivity index (χ4n) is 1.53. The fourth-order valence-corrected chi connectivity index (χ4v) is 1.53. The van der Waals surface area contributed by atoms with E-state index >= 15 is 0 Å². The molecule has 0 aliphatic rings. The van der Waals surface area contributed by atoms with Gasteiger partial charge in [0.1, 0.15) is 11.4 Å². The predicted molar refractivity (Wildman–Crippen MR) is 69.1 cm³/mol. The van der Waals surface area contributed by atoms with Crippen LogP contribution in [0, 0.1) is 0 Å². The predicted octanol–water partition coefficient (Wildman–Crippen LogP) is 1.30. The molecule has 0 saturated carbocycles. The van der Waals surface area contributed by atoms with E-state index in [1.807, 2.05) is 0 Å². The average Bonchev–Trinajstić information content (AvgIpc) is 2.46. The van der Waals surface area contributed by atoms with Gasteiger partial charge in [-0.05, 0) is 23.8 Å². The zero-order valence-corrected chi connectivity index (χ0v) is 10.7. The standard InChI is InChI=1S/C13H11F2N3O3/c14-13(15)21-9-3-1-8(2-4-9)7-16-12(20)10-5-6-11(19)18-17-10/h1-6,13H,7H2,(H,16,20)(H,18,19). The number of alkyl halides is 2. The minimum atomic E-state index is -2.87. The van der Waals surface area contributed by atoms with Gasteiger partial charge in [-0.2, -0.15) is 13.9 Å². The van der Waals surface area contributed by atoms with Gasteiger partial charge in [0.05, 0.1) is 0 Å². The second kappa shape index (κ2) is 6.60. The van der Waals surface area contributed by atoms with Gasteiger partial charge in [0.15, 0.2) is 0 Å². The zero-order chi connectivity index (χ0) is 15.2. The van der Waals surface area contributed by atoms with E-state index in [-0.39, 0.29) is 18.0 Å². The number of rotatable bonds is 5. The van der Waals surface area contributed by atoms with Crippen molar-refractivity contribution >= 4 is 5.91 Å². The van der Waals surface area contributed by atoms with E-state index in [9.17, 15) is 18.4 Å². The molecule has 110 valence electrons. The highest BCUT2D eigenvalue weighted by Gasteiger charge is 2.07. The molecule has 21 heavy (non-hydrogen) atoms. The normalized spacial score (nSPS) is 10.4. The number of carbonyl (C=O) groups is 1. The number of H-pyrrole nitrogens is 1. The summed E-state index contributed by atoms with van der Waals surface area (Å²) in [7, 11) is 0. The van der Waals surface area contributed by atoms with Gasteiger partial charge < -0.3 is 10.1 Å². The monoisotopic (exact) mass is 295 g/mol. The molecule has 1 heterocycles. The van der Waals surface area contributed by atoms with Crippen LogP contribution < -0.4 is 15.6 Å². The Labute approximate surface area is 117 Å². The largest absolute Gasteiger partial charge is 0.435 e. The van der Waals surface area contributed by atoms with E-state index in [4.69, 9.17) is 0 Å². The molecule has 1 aromatic carbocycles. The lowest BCUT2D eigenvalue weighted by Crippen LogP contribution is -2.25. The Morgan fingerprint density at radius 3 is 2.52 bits per heavy atom. The number of aromatic amines is 1. The van der Waals surface area contributed by atoms with Gasteiger partial charge in [-0.3, -0.25) is 9.59 Å². The summed E-state index contributed by atoms with van der Waals surface area (Å²) in [5, 5.41) is 8.32. The molecule has 0 spiro atoms. The van der Waals surface area contributed by atoms with E-state index < -0.39 is 18.1 Å². The SMILES string of the molecule is O=C(NCc1ccc(OC(F)F)cc1)c1ccc(=O)[nH]n1. The third-order valence-electron chi connectivity index (χ3n) is 2.51. The third-order valence-corrected chi connectivity index (χ3v) is 2.51. The maximum Gasteiger partial charge on any atom is 0.387 e. The summed E-state index contributed by atoms with van der Waals surface area (Å²) >= 11 is 0. The topological polar surface area (TPSA) is 84.1 Å². The van der Waals surface area contributed by atoms with E-state index in [1.54, 1.807) is 12.1 Å². The Hall–Kier alpha value is -2.77. The van der Waals surface area contributed by atoms with Crippen LogP contribution in [0.2, 0.25) is 0 Å². The molecule has 6 nitrogen and oxygen atoms in total. The van der Waals surface area contributed by atoms with Crippen LogP contribution in [0.3, 0.4) is 0 Å². The molecule has 0 atom stereocenters. The van der Waals surface area contributed by atoms with Gasteiger partial charge in [0.25, 0.3) is 11.5 Å². The Morgan fingerprint density at radius 1 is 1.24 bits per heavy atom. The summed E-state index contributed by atoms with van der Waals surface area (Å²) in [6.07, 6.45) is 0. The number of hydrogen-bond donors (Lipinski definition) is 2. The number of benzene rings is 1. The first-order valence-corrected chi connectivity index (χ1v) is 5.92. The van der Waals surface area contributed by atoms with Crippen LogP contribution in [0.25, 0.3) is 0 Å². The second-order valence-electron chi connectivity index (χ2n) is 4.01. The van der Waals surface area contributed by atoms with Crippen molar-refractivity contribution < 1.29 is 18.3 Å².